The van der Waals surface area contributed by atoms with Crippen molar-refractivity contribution in [2.45, 2.75) is 25.6 Å². The Labute approximate surface area is 191 Å². The summed E-state index contributed by atoms with van der Waals surface area (Å²) in [4.78, 5) is 32.6. The van der Waals surface area contributed by atoms with E-state index in [1.54, 1.807) is 12.0 Å². The molecule has 1 N–H and O–H groups in total. The summed E-state index contributed by atoms with van der Waals surface area (Å²) >= 11 is 0. The largest absolute Gasteiger partial charge is 0.497 e. The number of methoxy groups -OCH3 is 1. The molecule has 2 amide bonds. The molecule has 1 atom stereocenters. The van der Waals surface area contributed by atoms with Gasteiger partial charge >= 0.3 is 0 Å². The minimum Gasteiger partial charge on any atom is -0.497 e. The molecule has 1 aliphatic rings. The molecule has 1 aliphatic heterocycles. The lowest BCUT2D eigenvalue weighted by Gasteiger charge is -2.16. The SMILES string of the molecule is COc1ccc(CN2C(=O)[C@H](CC(=O)NCc3ccccc3)n3c2nc2ccccc23)cc1. The van der Waals surface area contributed by atoms with Gasteiger partial charge in [0.1, 0.15) is 11.8 Å². The van der Waals surface area contributed by atoms with Gasteiger partial charge in [0.05, 0.1) is 31.1 Å². The van der Waals surface area contributed by atoms with Crippen LogP contribution in [0.2, 0.25) is 0 Å². The molecule has 33 heavy (non-hydrogen) atoms. The zero-order valence-electron chi connectivity index (χ0n) is 18.3. The summed E-state index contributed by atoms with van der Waals surface area (Å²) in [5, 5.41) is 2.94. The average Bonchev–Trinajstić information content (AvgIpc) is 3.34. The lowest BCUT2D eigenvalue weighted by atomic mass is 10.1. The van der Waals surface area contributed by atoms with Crippen molar-refractivity contribution in [1.29, 1.82) is 0 Å². The number of hydrogen-bond donors (Lipinski definition) is 1. The first-order valence-electron chi connectivity index (χ1n) is 10.9. The first kappa shape index (κ1) is 20.8. The minimum atomic E-state index is -0.638. The number of nitrogens with one attached hydrogen (secondary N) is 1. The Morgan fingerprint density at radius 3 is 2.45 bits per heavy atom. The van der Waals surface area contributed by atoms with Crippen LogP contribution in [0.1, 0.15) is 23.6 Å². The van der Waals surface area contributed by atoms with Gasteiger partial charge in [-0.1, -0.05) is 54.6 Å². The van der Waals surface area contributed by atoms with E-state index < -0.39 is 6.04 Å². The van der Waals surface area contributed by atoms with Crippen molar-refractivity contribution in [3.05, 3.63) is 90.0 Å². The van der Waals surface area contributed by atoms with Crippen molar-refractivity contribution >= 4 is 28.8 Å². The number of nitrogens with zero attached hydrogens (tertiary/aromatic N) is 3. The van der Waals surface area contributed by atoms with E-state index in [0.717, 1.165) is 27.9 Å². The van der Waals surface area contributed by atoms with E-state index in [2.05, 4.69) is 5.32 Å². The second-order valence-corrected chi connectivity index (χ2v) is 8.03. The van der Waals surface area contributed by atoms with Gasteiger partial charge in [-0.05, 0) is 35.4 Å². The first-order valence-corrected chi connectivity index (χ1v) is 10.9. The first-order chi connectivity index (χ1) is 16.1. The van der Waals surface area contributed by atoms with Crippen LogP contribution >= 0.6 is 0 Å². The zero-order valence-corrected chi connectivity index (χ0v) is 18.3. The van der Waals surface area contributed by atoms with Crippen LogP contribution < -0.4 is 15.0 Å². The maximum Gasteiger partial charge on any atom is 0.253 e. The van der Waals surface area contributed by atoms with E-state index in [1.807, 2.05) is 83.4 Å². The molecule has 0 radical (unpaired) electrons. The Morgan fingerprint density at radius 2 is 1.70 bits per heavy atom. The Kier molecular flexibility index (Phi) is 5.52. The third kappa shape index (κ3) is 4.05. The molecular formula is C26H24N4O3. The van der Waals surface area contributed by atoms with Crippen molar-refractivity contribution in [2.75, 3.05) is 12.0 Å². The number of anilines is 1. The van der Waals surface area contributed by atoms with E-state index in [0.29, 0.717) is 19.0 Å². The van der Waals surface area contributed by atoms with Crippen LogP contribution in [0.5, 0.6) is 5.75 Å². The minimum absolute atomic E-state index is 0.0537. The molecule has 0 saturated heterocycles. The van der Waals surface area contributed by atoms with Gasteiger partial charge in [0.2, 0.25) is 11.9 Å². The summed E-state index contributed by atoms with van der Waals surface area (Å²) in [6, 6.07) is 24.4. The van der Waals surface area contributed by atoms with Crippen molar-refractivity contribution in [3.63, 3.8) is 0 Å². The molecule has 1 aromatic heterocycles. The molecule has 4 aromatic rings. The second kappa shape index (κ2) is 8.78. The highest BCUT2D eigenvalue weighted by Gasteiger charge is 2.40. The Balaban J connectivity index is 1.41. The fourth-order valence-electron chi connectivity index (χ4n) is 4.20. The summed E-state index contributed by atoms with van der Waals surface area (Å²) in [7, 11) is 1.62. The van der Waals surface area contributed by atoms with E-state index in [4.69, 9.17) is 9.72 Å². The lowest BCUT2D eigenvalue weighted by Crippen LogP contribution is -2.32. The smallest absolute Gasteiger partial charge is 0.253 e. The number of para-hydroxylation sites is 2. The van der Waals surface area contributed by atoms with Crippen LogP contribution in [0.25, 0.3) is 11.0 Å². The zero-order chi connectivity index (χ0) is 22.8. The Hall–Kier alpha value is -4.13. The number of hydrogen-bond acceptors (Lipinski definition) is 4. The van der Waals surface area contributed by atoms with Crippen LogP contribution in [0.3, 0.4) is 0 Å². The molecule has 0 bridgehead atoms. The van der Waals surface area contributed by atoms with Crippen molar-refractivity contribution < 1.29 is 14.3 Å². The predicted molar refractivity (Wildman–Crippen MR) is 126 cm³/mol. The molecule has 0 unspecified atom stereocenters. The average molecular weight is 441 g/mol. The van der Waals surface area contributed by atoms with Gasteiger partial charge in [-0.3, -0.25) is 19.1 Å². The fourth-order valence-corrected chi connectivity index (χ4v) is 4.20. The topological polar surface area (TPSA) is 76.5 Å². The summed E-state index contributed by atoms with van der Waals surface area (Å²) in [6.45, 7) is 0.794. The number of carbonyl (C=O) groups is 2. The van der Waals surface area contributed by atoms with Crippen molar-refractivity contribution in [2.24, 2.45) is 0 Å². The Morgan fingerprint density at radius 1 is 0.970 bits per heavy atom. The van der Waals surface area contributed by atoms with Crippen molar-refractivity contribution in [3.8, 4) is 5.75 Å². The van der Waals surface area contributed by atoms with Gasteiger partial charge in [-0.25, -0.2) is 4.98 Å². The third-order valence-electron chi connectivity index (χ3n) is 5.89. The third-order valence-corrected chi connectivity index (χ3v) is 5.89. The standard InChI is InChI=1S/C26H24N4O3/c1-33-20-13-11-19(12-14-20)17-29-25(32)23(15-24(31)27-16-18-7-3-2-4-8-18)30-22-10-6-5-9-21(22)28-26(29)30/h2-14,23H,15-17H2,1H3,(H,27,31)/t23-/m0/s1. The van der Waals surface area contributed by atoms with Crippen LogP contribution in [0, 0.1) is 0 Å². The highest BCUT2D eigenvalue weighted by Crippen LogP contribution is 2.37. The number of amides is 2. The molecule has 7 nitrogen and oxygen atoms in total. The number of ether oxygens (including phenoxy) is 1. The van der Waals surface area contributed by atoms with Crippen LogP contribution in [-0.4, -0.2) is 28.5 Å². The van der Waals surface area contributed by atoms with E-state index >= 15 is 0 Å². The van der Waals surface area contributed by atoms with Gasteiger partial charge in [0, 0.05) is 6.54 Å². The van der Waals surface area contributed by atoms with Crippen LogP contribution in [-0.2, 0) is 22.7 Å². The van der Waals surface area contributed by atoms with Crippen molar-refractivity contribution in [1.82, 2.24) is 14.9 Å². The second-order valence-electron chi connectivity index (χ2n) is 8.03. The van der Waals surface area contributed by atoms with E-state index in [9.17, 15) is 9.59 Å². The monoisotopic (exact) mass is 440 g/mol. The number of fused-ring (bicyclic) bond motifs is 3. The predicted octanol–water partition coefficient (Wildman–Crippen LogP) is 3.84. The highest BCUT2D eigenvalue weighted by molar-refractivity contribution is 6.03. The molecule has 3 aromatic carbocycles. The molecule has 166 valence electrons. The summed E-state index contributed by atoms with van der Waals surface area (Å²) in [5.41, 5.74) is 3.61. The molecule has 5 rings (SSSR count). The number of rotatable bonds is 7. The van der Waals surface area contributed by atoms with Gasteiger partial charge in [0.25, 0.3) is 5.91 Å². The van der Waals surface area contributed by atoms with Gasteiger partial charge in [-0.2, -0.15) is 0 Å². The molecule has 0 fully saturated rings. The summed E-state index contributed by atoms with van der Waals surface area (Å²) in [6.07, 6.45) is 0.0537. The molecule has 0 aliphatic carbocycles. The lowest BCUT2D eigenvalue weighted by molar-refractivity contribution is -0.127. The number of imidazole rings is 1. The fraction of sp³-hybridized carbons (Fsp3) is 0.192. The Bertz CT molecular complexity index is 1300. The summed E-state index contributed by atoms with van der Waals surface area (Å²) < 4.78 is 7.12. The van der Waals surface area contributed by atoms with E-state index in [-0.39, 0.29) is 18.2 Å². The normalized spacial score (nSPS) is 15.0. The maximum absolute atomic E-state index is 13.5. The van der Waals surface area contributed by atoms with Gasteiger partial charge < -0.3 is 10.1 Å². The van der Waals surface area contributed by atoms with Gasteiger partial charge in [-0.15, -0.1) is 0 Å². The van der Waals surface area contributed by atoms with Gasteiger partial charge in [0.15, 0.2) is 0 Å². The molecule has 7 heteroatoms. The summed E-state index contributed by atoms with van der Waals surface area (Å²) in [5.74, 6) is 1.02. The molecular weight excluding hydrogens is 416 g/mol. The number of carbonyl (C=O) groups excluding carboxylic acids is 2. The molecule has 0 spiro atoms. The molecule has 2 heterocycles. The number of benzene rings is 3. The van der Waals surface area contributed by atoms with Crippen LogP contribution in [0.15, 0.2) is 78.9 Å². The van der Waals surface area contributed by atoms with Crippen LogP contribution in [0.4, 0.5) is 5.95 Å². The highest BCUT2D eigenvalue weighted by atomic mass is 16.5. The maximum atomic E-state index is 13.5. The van der Waals surface area contributed by atoms with E-state index in [1.165, 1.54) is 0 Å². The quantitative estimate of drug-likeness (QED) is 0.474. The molecule has 0 saturated carbocycles. The number of aromatic nitrogens is 2.